The van der Waals surface area contributed by atoms with E-state index in [0.29, 0.717) is 18.6 Å². The zero-order valence-electron chi connectivity index (χ0n) is 14.9. The first kappa shape index (κ1) is 17.5. The highest BCUT2D eigenvalue weighted by Crippen LogP contribution is 2.39. The summed E-state index contributed by atoms with van der Waals surface area (Å²) in [7, 11) is 1.61. The summed E-state index contributed by atoms with van der Waals surface area (Å²) in [5.41, 5.74) is 3.50. The van der Waals surface area contributed by atoms with E-state index in [1.54, 1.807) is 30.8 Å². The van der Waals surface area contributed by atoms with E-state index in [0.717, 1.165) is 29.7 Å². The van der Waals surface area contributed by atoms with Gasteiger partial charge in [0.15, 0.2) is 0 Å². The third-order valence-electron chi connectivity index (χ3n) is 5.55. The van der Waals surface area contributed by atoms with E-state index < -0.39 is 0 Å². The van der Waals surface area contributed by atoms with E-state index in [2.05, 4.69) is 15.7 Å². The van der Waals surface area contributed by atoms with Crippen LogP contribution in [0.5, 0.6) is 5.75 Å². The van der Waals surface area contributed by atoms with Gasteiger partial charge in [-0.05, 0) is 72.6 Å². The number of rotatable bonds is 5. The molecule has 4 rings (SSSR count). The first-order chi connectivity index (χ1) is 12.7. The molecule has 0 aliphatic heterocycles. The normalized spacial score (nSPS) is 22.8. The number of nitrogens with zero attached hydrogens (tertiary/aromatic N) is 1. The van der Waals surface area contributed by atoms with Crippen LogP contribution in [0.2, 0.25) is 0 Å². The maximum Gasteiger partial charge on any atom is 0.262 e. The predicted molar refractivity (Wildman–Crippen MR) is 101 cm³/mol. The second kappa shape index (κ2) is 7.37. The minimum absolute atomic E-state index is 0.00707. The fourth-order valence-electron chi connectivity index (χ4n) is 4.01. The zero-order valence-corrected chi connectivity index (χ0v) is 15.7. The highest BCUT2D eigenvalue weighted by molar-refractivity contribution is 7.12. The number of aliphatic hydroxyl groups excluding tert-OH is 1. The molecule has 0 bridgehead atoms. The van der Waals surface area contributed by atoms with Crippen molar-refractivity contribution in [3.8, 4) is 5.75 Å². The molecule has 0 spiro atoms. The molecule has 1 amide bonds. The Kier molecular flexibility index (Phi) is 4.96. The molecule has 6 heteroatoms. The van der Waals surface area contributed by atoms with Crippen molar-refractivity contribution in [1.82, 2.24) is 10.3 Å². The number of aryl methyl sites for hydroxylation is 1. The highest BCUT2D eigenvalue weighted by Gasteiger charge is 2.36. The minimum Gasteiger partial charge on any atom is -0.495 e. The van der Waals surface area contributed by atoms with Crippen molar-refractivity contribution in [1.29, 1.82) is 0 Å². The van der Waals surface area contributed by atoms with E-state index in [1.807, 2.05) is 6.07 Å². The Labute approximate surface area is 157 Å². The molecule has 138 valence electrons. The van der Waals surface area contributed by atoms with Crippen LogP contribution >= 0.6 is 11.3 Å². The van der Waals surface area contributed by atoms with Crippen LogP contribution in [-0.4, -0.2) is 29.2 Å². The Morgan fingerprint density at radius 1 is 1.35 bits per heavy atom. The molecule has 2 aliphatic carbocycles. The van der Waals surface area contributed by atoms with Gasteiger partial charge in [0.25, 0.3) is 5.91 Å². The van der Waals surface area contributed by atoms with Crippen LogP contribution in [0.15, 0.2) is 23.8 Å². The molecule has 0 radical (unpaired) electrons. The Morgan fingerprint density at radius 3 is 2.92 bits per heavy atom. The molecule has 2 aromatic heterocycles. The van der Waals surface area contributed by atoms with Crippen molar-refractivity contribution in [3.63, 3.8) is 0 Å². The second-order valence-electron chi connectivity index (χ2n) is 7.27. The fraction of sp³-hybridized carbons (Fsp3) is 0.500. The van der Waals surface area contributed by atoms with Gasteiger partial charge in [-0.2, -0.15) is 0 Å². The molecule has 2 aromatic rings. The van der Waals surface area contributed by atoms with E-state index in [-0.39, 0.29) is 24.0 Å². The fourth-order valence-corrected chi connectivity index (χ4v) is 5.07. The third kappa shape index (κ3) is 3.35. The maximum atomic E-state index is 13.0. The molecular weight excluding hydrogens is 348 g/mol. The number of carbonyl (C=O) groups excluding carboxylic acids is 1. The van der Waals surface area contributed by atoms with E-state index >= 15 is 0 Å². The summed E-state index contributed by atoms with van der Waals surface area (Å²) < 4.78 is 5.29. The summed E-state index contributed by atoms with van der Waals surface area (Å²) in [5, 5.41) is 15.1. The molecule has 1 saturated carbocycles. The first-order valence-electron chi connectivity index (χ1n) is 9.23. The van der Waals surface area contributed by atoms with Crippen molar-refractivity contribution >= 4 is 17.2 Å². The number of thiophene rings is 1. The van der Waals surface area contributed by atoms with Crippen molar-refractivity contribution in [2.75, 3.05) is 7.11 Å². The number of ether oxygens (including phenoxy) is 1. The molecule has 0 unspecified atom stereocenters. The average Bonchev–Trinajstić information content (AvgIpc) is 3.08. The van der Waals surface area contributed by atoms with Crippen molar-refractivity contribution in [3.05, 3.63) is 45.4 Å². The lowest BCUT2D eigenvalue weighted by Crippen LogP contribution is -2.41. The SMILES string of the molecule is COc1cncc([C@@H](NC(=O)c2scc3c2CCCC3)C2CC(O)C2)c1. The number of methoxy groups -OCH3 is 1. The number of fused-ring (bicyclic) bond motifs is 1. The Morgan fingerprint density at radius 2 is 2.15 bits per heavy atom. The van der Waals surface area contributed by atoms with Gasteiger partial charge >= 0.3 is 0 Å². The van der Waals surface area contributed by atoms with Crippen LogP contribution in [0.25, 0.3) is 0 Å². The Hall–Kier alpha value is -1.92. The van der Waals surface area contributed by atoms with Crippen LogP contribution < -0.4 is 10.1 Å². The quantitative estimate of drug-likeness (QED) is 0.845. The molecule has 2 N–H and O–H groups in total. The smallest absolute Gasteiger partial charge is 0.262 e. The lowest BCUT2D eigenvalue weighted by Gasteiger charge is -2.38. The lowest BCUT2D eigenvalue weighted by molar-refractivity contribution is 0.0235. The molecule has 2 aliphatic rings. The van der Waals surface area contributed by atoms with Crippen molar-refractivity contribution < 1.29 is 14.6 Å². The number of nitrogens with one attached hydrogen (secondary N) is 1. The van der Waals surface area contributed by atoms with Gasteiger partial charge in [-0.25, -0.2) is 0 Å². The Balaban J connectivity index is 1.58. The number of hydrogen-bond donors (Lipinski definition) is 2. The van der Waals surface area contributed by atoms with Crippen LogP contribution in [0.3, 0.4) is 0 Å². The molecule has 5 nitrogen and oxygen atoms in total. The standard InChI is InChI=1S/C20H24N2O3S/c1-25-16-8-14(9-21-10-16)18(13-6-15(23)7-13)22-20(24)19-17-5-3-2-4-12(17)11-26-19/h8-11,13,15,18,23H,2-7H2,1H3,(H,22,24)/t13?,15?,18-/m0/s1. The van der Waals surface area contributed by atoms with Crippen molar-refractivity contribution in [2.24, 2.45) is 5.92 Å². The Bertz CT molecular complexity index is 798. The number of aliphatic hydroxyl groups is 1. The number of carbonyl (C=O) groups is 1. The van der Waals surface area contributed by atoms with E-state index in [1.165, 1.54) is 17.5 Å². The number of hydrogen-bond acceptors (Lipinski definition) is 5. The van der Waals surface area contributed by atoms with Crippen LogP contribution in [0, 0.1) is 5.92 Å². The predicted octanol–water partition coefficient (Wildman–Crippen LogP) is 3.27. The molecule has 0 aromatic carbocycles. The summed E-state index contributed by atoms with van der Waals surface area (Å²) in [6.45, 7) is 0. The first-order valence-corrected chi connectivity index (χ1v) is 10.1. The third-order valence-corrected chi connectivity index (χ3v) is 6.62. The molecule has 26 heavy (non-hydrogen) atoms. The van der Waals surface area contributed by atoms with Crippen LogP contribution in [-0.2, 0) is 12.8 Å². The lowest BCUT2D eigenvalue weighted by atomic mass is 9.75. The highest BCUT2D eigenvalue weighted by atomic mass is 32.1. The summed E-state index contributed by atoms with van der Waals surface area (Å²) in [6.07, 6.45) is 9.01. The summed E-state index contributed by atoms with van der Waals surface area (Å²) in [5.74, 6) is 0.890. The van der Waals surface area contributed by atoms with Gasteiger partial charge in [0.1, 0.15) is 5.75 Å². The van der Waals surface area contributed by atoms with Gasteiger partial charge in [-0.15, -0.1) is 11.3 Å². The van der Waals surface area contributed by atoms with Gasteiger partial charge in [0.05, 0.1) is 30.3 Å². The topological polar surface area (TPSA) is 71.5 Å². The molecule has 0 saturated heterocycles. The maximum absolute atomic E-state index is 13.0. The second-order valence-corrected chi connectivity index (χ2v) is 8.15. The molecule has 1 fully saturated rings. The van der Waals surface area contributed by atoms with Gasteiger partial charge < -0.3 is 15.2 Å². The van der Waals surface area contributed by atoms with Gasteiger partial charge in [-0.1, -0.05) is 0 Å². The van der Waals surface area contributed by atoms with Gasteiger partial charge in [0, 0.05) is 6.20 Å². The number of amides is 1. The molecule has 1 atom stereocenters. The van der Waals surface area contributed by atoms with Crippen molar-refractivity contribution in [2.45, 2.75) is 50.7 Å². The monoisotopic (exact) mass is 372 g/mol. The molecule has 2 heterocycles. The number of pyridine rings is 1. The van der Waals surface area contributed by atoms with Gasteiger partial charge in [0.2, 0.25) is 0 Å². The van der Waals surface area contributed by atoms with E-state index in [4.69, 9.17) is 4.74 Å². The largest absolute Gasteiger partial charge is 0.495 e. The average molecular weight is 372 g/mol. The number of aromatic nitrogens is 1. The minimum atomic E-state index is -0.271. The molecular formula is C20H24N2O3S. The van der Waals surface area contributed by atoms with Crippen LogP contribution in [0.4, 0.5) is 0 Å². The summed E-state index contributed by atoms with van der Waals surface area (Å²) >= 11 is 1.55. The van der Waals surface area contributed by atoms with Gasteiger partial charge in [-0.3, -0.25) is 9.78 Å². The zero-order chi connectivity index (χ0) is 18.1. The summed E-state index contributed by atoms with van der Waals surface area (Å²) in [4.78, 5) is 18.1. The van der Waals surface area contributed by atoms with E-state index in [9.17, 15) is 9.90 Å². The summed E-state index contributed by atoms with van der Waals surface area (Å²) in [6, 6.07) is 1.77. The van der Waals surface area contributed by atoms with Crippen LogP contribution in [0.1, 0.15) is 58.1 Å².